The Kier molecular flexibility index (Phi) is 3.72. The molecule has 16 heavy (non-hydrogen) atoms. The van der Waals surface area contributed by atoms with Crippen LogP contribution in [0.2, 0.25) is 0 Å². The van der Waals surface area contributed by atoms with E-state index in [2.05, 4.69) is 30.1 Å². The monoisotopic (exact) mass is 237 g/mol. The predicted molar refractivity (Wildman–Crippen MR) is 66.3 cm³/mol. The number of nitrogens with one attached hydrogen (secondary N) is 1. The van der Waals surface area contributed by atoms with E-state index in [4.69, 9.17) is 4.74 Å². The molecule has 0 bridgehead atoms. The van der Waals surface area contributed by atoms with Crippen LogP contribution in [0.5, 0.6) is 5.75 Å². The minimum Gasteiger partial charge on any atom is -0.493 e. The van der Waals surface area contributed by atoms with Crippen molar-refractivity contribution in [1.29, 1.82) is 0 Å². The van der Waals surface area contributed by atoms with Crippen molar-refractivity contribution in [3.05, 3.63) is 29.3 Å². The fourth-order valence-corrected chi connectivity index (χ4v) is 1.99. The van der Waals surface area contributed by atoms with Crippen molar-refractivity contribution < 1.29 is 9.53 Å². The summed E-state index contributed by atoms with van der Waals surface area (Å²) in [4.78, 5) is 10.6. The molecule has 1 aromatic rings. The molecule has 86 valence electrons. The third-order valence-corrected chi connectivity index (χ3v) is 2.82. The Hall–Kier alpha value is -1.16. The molecular formula is C12H15NO2S. The van der Waals surface area contributed by atoms with Gasteiger partial charge in [0, 0.05) is 6.54 Å². The van der Waals surface area contributed by atoms with Crippen molar-refractivity contribution in [3.63, 3.8) is 0 Å². The van der Waals surface area contributed by atoms with Crippen molar-refractivity contribution in [2.45, 2.75) is 19.3 Å². The summed E-state index contributed by atoms with van der Waals surface area (Å²) in [5, 5.41) is 2.39. The first-order valence-electron chi connectivity index (χ1n) is 5.47. The van der Waals surface area contributed by atoms with Gasteiger partial charge in [-0.05, 0) is 36.5 Å². The molecular weight excluding hydrogens is 222 g/mol. The summed E-state index contributed by atoms with van der Waals surface area (Å²) in [6, 6.07) is 6.24. The van der Waals surface area contributed by atoms with Crippen LogP contribution in [0.3, 0.4) is 0 Å². The number of thiol groups is 1. The van der Waals surface area contributed by atoms with Crippen LogP contribution in [0.1, 0.15) is 17.5 Å². The summed E-state index contributed by atoms with van der Waals surface area (Å²) in [6.07, 6.45) is 3.01. The van der Waals surface area contributed by atoms with Gasteiger partial charge in [0.25, 0.3) is 5.24 Å². The maximum Gasteiger partial charge on any atom is 0.275 e. The summed E-state index contributed by atoms with van der Waals surface area (Å²) in [5.74, 6) is 1.01. The van der Waals surface area contributed by atoms with E-state index in [-0.39, 0.29) is 5.24 Å². The molecule has 2 rings (SSSR count). The van der Waals surface area contributed by atoms with Crippen LogP contribution in [0.15, 0.2) is 18.2 Å². The SMILES string of the molecule is O=C(S)NCCc1ccc2c(c1)CCCO2. The zero-order chi connectivity index (χ0) is 11.4. The number of fused-ring (bicyclic) bond motifs is 1. The highest BCUT2D eigenvalue weighted by atomic mass is 32.1. The number of hydrogen-bond acceptors (Lipinski definition) is 2. The van der Waals surface area contributed by atoms with E-state index >= 15 is 0 Å². The Morgan fingerprint density at radius 3 is 3.19 bits per heavy atom. The van der Waals surface area contributed by atoms with Gasteiger partial charge in [-0.2, -0.15) is 0 Å². The van der Waals surface area contributed by atoms with E-state index in [1.165, 1.54) is 11.1 Å². The summed E-state index contributed by atoms with van der Waals surface area (Å²) in [5.41, 5.74) is 2.51. The second-order valence-electron chi connectivity index (χ2n) is 3.88. The lowest BCUT2D eigenvalue weighted by molar-refractivity contribution is 0.261. The molecule has 0 fully saturated rings. The van der Waals surface area contributed by atoms with Gasteiger partial charge in [0.1, 0.15) is 5.75 Å². The molecule has 1 N–H and O–H groups in total. The zero-order valence-electron chi connectivity index (χ0n) is 9.03. The summed E-state index contributed by atoms with van der Waals surface area (Å²) < 4.78 is 5.54. The molecule has 0 unspecified atom stereocenters. The van der Waals surface area contributed by atoms with Crippen molar-refractivity contribution in [1.82, 2.24) is 5.32 Å². The molecule has 0 saturated heterocycles. The molecule has 1 aliphatic heterocycles. The lowest BCUT2D eigenvalue weighted by atomic mass is 10.0. The summed E-state index contributed by atoms with van der Waals surface area (Å²) >= 11 is 3.65. The Bertz CT molecular complexity index is 393. The molecule has 0 aromatic heterocycles. The van der Waals surface area contributed by atoms with Gasteiger partial charge < -0.3 is 10.1 Å². The quantitative estimate of drug-likeness (QED) is 0.791. The fraction of sp³-hybridized carbons (Fsp3) is 0.417. The highest BCUT2D eigenvalue weighted by Crippen LogP contribution is 2.25. The number of benzene rings is 1. The third kappa shape index (κ3) is 2.92. The van der Waals surface area contributed by atoms with E-state index in [9.17, 15) is 4.79 Å². The van der Waals surface area contributed by atoms with Crippen LogP contribution < -0.4 is 10.1 Å². The number of amides is 1. The molecule has 1 aromatic carbocycles. The van der Waals surface area contributed by atoms with E-state index in [1.54, 1.807) is 0 Å². The second-order valence-corrected chi connectivity index (χ2v) is 4.28. The first-order valence-corrected chi connectivity index (χ1v) is 5.92. The Balaban J connectivity index is 1.97. The first kappa shape index (κ1) is 11.3. The van der Waals surface area contributed by atoms with Crippen molar-refractivity contribution in [2.75, 3.05) is 13.2 Å². The summed E-state index contributed by atoms with van der Waals surface area (Å²) in [6.45, 7) is 1.45. The topological polar surface area (TPSA) is 38.3 Å². The number of aryl methyl sites for hydroxylation is 1. The van der Waals surface area contributed by atoms with E-state index < -0.39 is 0 Å². The molecule has 0 spiro atoms. The predicted octanol–water partition coefficient (Wildman–Crippen LogP) is 2.19. The second kappa shape index (κ2) is 5.25. The van der Waals surface area contributed by atoms with Crippen LogP contribution >= 0.6 is 12.6 Å². The highest BCUT2D eigenvalue weighted by Gasteiger charge is 2.10. The Labute approximate surface area is 101 Å². The lowest BCUT2D eigenvalue weighted by Gasteiger charge is -2.17. The maximum absolute atomic E-state index is 10.6. The van der Waals surface area contributed by atoms with Gasteiger partial charge in [0.2, 0.25) is 0 Å². The van der Waals surface area contributed by atoms with Gasteiger partial charge in [0.15, 0.2) is 0 Å². The molecule has 3 nitrogen and oxygen atoms in total. The Morgan fingerprint density at radius 1 is 1.50 bits per heavy atom. The number of ether oxygens (including phenoxy) is 1. The minimum atomic E-state index is -0.277. The van der Waals surface area contributed by atoms with Gasteiger partial charge in [-0.25, -0.2) is 0 Å². The lowest BCUT2D eigenvalue weighted by Crippen LogP contribution is -2.19. The molecule has 4 heteroatoms. The van der Waals surface area contributed by atoms with E-state index in [1.807, 2.05) is 6.07 Å². The van der Waals surface area contributed by atoms with Crippen molar-refractivity contribution in [3.8, 4) is 5.75 Å². The average Bonchev–Trinajstić information content (AvgIpc) is 2.28. The molecule has 1 aliphatic rings. The van der Waals surface area contributed by atoms with E-state index in [0.29, 0.717) is 6.54 Å². The minimum absolute atomic E-state index is 0.277. The molecule has 1 amide bonds. The molecule has 1 heterocycles. The molecule has 0 aliphatic carbocycles. The van der Waals surface area contributed by atoms with Gasteiger partial charge in [-0.1, -0.05) is 24.8 Å². The molecule has 0 saturated carbocycles. The largest absolute Gasteiger partial charge is 0.493 e. The fourth-order valence-electron chi connectivity index (χ4n) is 1.88. The van der Waals surface area contributed by atoms with E-state index in [0.717, 1.165) is 31.6 Å². The van der Waals surface area contributed by atoms with Crippen molar-refractivity contribution in [2.24, 2.45) is 0 Å². The smallest absolute Gasteiger partial charge is 0.275 e. The van der Waals surface area contributed by atoms with Gasteiger partial charge in [-0.3, -0.25) is 4.79 Å². The number of rotatable bonds is 3. The van der Waals surface area contributed by atoms with Gasteiger partial charge in [0.05, 0.1) is 6.61 Å². The molecule has 0 radical (unpaired) electrons. The normalized spacial score (nSPS) is 13.8. The number of hydrogen-bond donors (Lipinski definition) is 2. The zero-order valence-corrected chi connectivity index (χ0v) is 9.93. The van der Waals surface area contributed by atoms with Gasteiger partial charge in [-0.15, -0.1) is 0 Å². The van der Waals surface area contributed by atoms with Crippen LogP contribution in [0.4, 0.5) is 4.79 Å². The van der Waals surface area contributed by atoms with Gasteiger partial charge >= 0.3 is 0 Å². The Morgan fingerprint density at radius 2 is 2.38 bits per heavy atom. The molecule has 0 atom stereocenters. The standard InChI is InChI=1S/C12H15NO2S/c14-12(16)13-6-5-9-3-4-11-10(8-9)2-1-7-15-11/h3-4,8H,1-2,5-7H2,(H2,13,14,16). The van der Waals surface area contributed by atoms with Crippen molar-refractivity contribution >= 4 is 17.9 Å². The maximum atomic E-state index is 10.6. The van der Waals surface area contributed by atoms with Crippen LogP contribution in [-0.4, -0.2) is 18.4 Å². The highest BCUT2D eigenvalue weighted by molar-refractivity contribution is 7.96. The average molecular weight is 237 g/mol. The van der Waals surface area contributed by atoms with Crippen LogP contribution in [0, 0.1) is 0 Å². The van der Waals surface area contributed by atoms with Crippen LogP contribution in [-0.2, 0) is 12.8 Å². The summed E-state index contributed by atoms with van der Waals surface area (Å²) in [7, 11) is 0. The van der Waals surface area contributed by atoms with Crippen LogP contribution in [0.25, 0.3) is 0 Å². The third-order valence-electron chi connectivity index (χ3n) is 2.66. The number of carbonyl (C=O) groups is 1. The first-order chi connectivity index (χ1) is 7.75. The number of carbonyl (C=O) groups excluding carboxylic acids is 1.